The summed E-state index contributed by atoms with van der Waals surface area (Å²) in [4.78, 5) is 88.3. The van der Waals surface area contributed by atoms with Gasteiger partial charge in [-0.15, -0.1) is 0 Å². The number of carboxylic acids is 1. The summed E-state index contributed by atoms with van der Waals surface area (Å²) in [5.41, 5.74) is 4.68. The molecule has 4 atom stereocenters. The molecule has 4 amide bonds. The summed E-state index contributed by atoms with van der Waals surface area (Å²) >= 11 is 0. The first kappa shape index (κ1) is 56.2. The monoisotopic (exact) mass is 854 g/mol. The van der Waals surface area contributed by atoms with E-state index in [0.29, 0.717) is 31.3 Å². The van der Waals surface area contributed by atoms with Crippen molar-refractivity contribution in [2.75, 3.05) is 13.1 Å². The van der Waals surface area contributed by atoms with Gasteiger partial charge in [-0.2, -0.15) is 0 Å². The fourth-order valence-electron chi connectivity index (χ4n) is 6.63. The van der Waals surface area contributed by atoms with Crippen LogP contribution in [-0.4, -0.2) is 89.1 Å². The van der Waals surface area contributed by atoms with E-state index in [9.17, 15) is 33.6 Å². The molecule has 0 bridgehead atoms. The van der Waals surface area contributed by atoms with E-state index in [1.807, 2.05) is 0 Å². The molecule has 60 heavy (non-hydrogen) atoms. The van der Waals surface area contributed by atoms with Crippen molar-refractivity contribution in [3.63, 3.8) is 0 Å². The van der Waals surface area contributed by atoms with Crippen molar-refractivity contribution in [3.8, 4) is 0 Å². The van der Waals surface area contributed by atoms with E-state index in [4.69, 9.17) is 20.3 Å². The molecule has 0 radical (unpaired) electrons. The fourth-order valence-corrected chi connectivity index (χ4v) is 6.63. The largest absolute Gasteiger partial charge is 0.481 e. The maximum atomic E-state index is 13.6. The second-order valence-electron chi connectivity index (χ2n) is 19.1. The van der Waals surface area contributed by atoms with E-state index in [0.717, 1.165) is 44.4 Å². The van der Waals surface area contributed by atoms with Crippen LogP contribution < -0.4 is 27.0 Å². The molecule has 0 aromatic rings. The smallest absolute Gasteiger partial charge is 0.306 e. The van der Waals surface area contributed by atoms with Crippen LogP contribution in [0.15, 0.2) is 0 Å². The SMILES string of the molecule is CCCC(CCCCCCCC(=O)NCCCCCCNC(=O)C(CCC(=O)OC(C)(C)C)NC(=O)C(CCC(=O)OC(C)(C)C)NC(=O)C(N)CCC(=O)O)C(C)(C)C. The van der Waals surface area contributed by atoms with Crippen LogP contribution in [-0.2, 0) is 43.0 Å². The normalized spacial score (nSPS) is 13.9. The summed E-state index contributed by atoms with van der Waals surface area (Å²) in [6, 6.07) is -3.76. The Morgan fingerprint density at radius 3 is 1.50 bits per heavy atom. The van der Waals surface area contributed by atoms with Crippen LogP contribution in [0.5, 0.6) is 0 Å². The number of carbonyl (C=O) groups is 7. The van der Waals surface area contributed by atoms with Gasteiger partial charge in [0.05, 0.1) is 6.04 Å². The number of nitrogens with two attached hydrogens (primary N) is 1. The highest BCUT2D eigenvalue weighted by Crippen LogP contribution is 2.34. The van der Waals surface area contributed by atoms with Crippen LogP contribution in [0.2, 0.25) is 0 Å². The molecular weight excluding hydrogens is 771 g/mol. The Morgan fingerprint density at radius 2 is 1.00 bits per heavy atom. The van der Waals surface area contributed by atoms with E-state index < -0.39 is 65.0 Å². The molecule has 15 heteroatoms. The van der Waals surface area contributed by atoms with E-state index in [1.165, 1.54) is 32.1 Å². The zero-order chi connectivity index (χ0) is 45.9. The minimum Gasteiger partial charge on any atom is -0.481 e. The number of amides is 4. The van der Waals surface area contributed by atoms with Gasteiger partial charge in [0.25, 0.3) is 0 Å². The Bertz CT molecular complexity index is 1320. The maximum Gasteiger partial charge on any atom is 0.306 e. The van der Waals surface area contributed by atoms with E-state index in [1.54, 1.807) is 41.5 Å². The van der Waals surface area contributed by atoms with Crippen molar-refractivity contribution in [1.82, 2.24) is 21.3 Å². The standard InChI is InChI=1S/C45H83N5O10/c1-11-21-32(43(2,3)4)22-17-13-12-14-18-23-36(51)47-30-19-15-16-20-31-48-41(57)34(25-28-38(54)59-44(5,6)7)50-42(58)35(26-29-39(55)60-45(8,9)10)49-40(56)33(46)24-27-37(52)53/h32-35H,11-31,46H2,1-10H3,(H,47,51)(H,48,57)(H,49,56)(H,50,58)(H,52,53). The molecule has 348 valence electrons. The fraction of sp³-hybridized carbons (Fsp3) is 0.844. The molecule has 0 saturated carbocycles. The third kappa shape index (κ3) is 30.3. The van der Waals surface area contributed by atoms with E-state index in [-0.39, 0.29) is 44.4 Å². The van der Waals surface area contributed by atoms with Gasteiger partial charge in [-0.05, 0) is 97.8 Å². The van der Waals surface area contributed by atoms with Crippen LogP contribution in [0.3, 0.4) is 0 Å². The zero-order valence-electron chi connectivity index (χ0n) is 38.9. The number of ether oxygens (including phenoxy) is 2. The molecule has 15 nitrogen and oxygen atoms in total. The van der Waals surface area contributed by atoms with Gasteiger partial charge < -0.3 is 41.6 Å². The first-order valence-corrected chi connectivity index (χ1v) is 22.4. The molecular formula is C45H83N5O10. The number of nitrogens with one attached hydrogen (secondary N) is 4. The van der Waals surface area contributed by atoms with Crippen molar-refractivity contribution < 1.29 is 48.1 Å². The Morgan fingerprint density at radius 1 is 0.533 bits per heavy atom. The van der Waals surface area contributed by atoms with E-state index >= 15 is 0 Å². The number of hydrogen-bond donors (Lipinski definition) is 6. The first-order valence-electron chi connectivity index (χ1n) is 22.4. The number of carboxylic acid groups (broad SMARTS) is 1. The van der Waals surface area contributed by atoms with Gasteiger partial charge in [0.15, 0.2) is 0 Å². The summed E-state index contributed by atoms with van der Waals surface area (Å²) in [7, 11) is 0. The van der Waals surface area contributed by atoms with Crippen LogP contribution in [0.25, 0.3) is 0 Å². The predicted octanol–water partition coefficient (Wildman–Crippen LogP) is 6.38. The Kier molecular flexibility index (Phi) is 27.7. The Labute approximate surface area is 360 Å². The number of carbonyl (C=O) groups excluding carboxylic acids is 6. The van der Waals surface area contributed by atoms with E-state index in [2.05, 4.69) is 49.0 Å². The zero-order valence-corrected chi connectivity index (χ0v) is 38.9. The lowest BCUT2D eigenvalue weighted by molar-refractivity contribution is -0.156. The second kappa shape index (κ2) is 29.5. The lowest BCUT2D eigenvalue weighted by Gasteiger charge is -2.30. The highest BCUT2D eigenvalue weighted by atomic mass is 16.6. The molecule has 0 aliphatic rings. The average molecular weight is 854 g/mol. The highest BCUT2D eigenvalue weighted by molar-refractivity contribution is 5.93. The summed E-state index contributed by atoms with van der Waals surface area (Å²) in [5, 5.41) is 19.9. The summed E-state index contributed by atoms with van der Waals surface area (Å²) < 4.78 is 10.7. The molecule has 0 aliphatic heterocycles. The Hall–Kier alpha value is -3.75. The van der Waals surface area contributed by atoms with Crippen molar-refractivity contribution in [2.24, 2.45) is 17.1 Å². The van der Waals surface area contributed by atoms with Gasteiger partial charge >= 0.3 is 17.9 Å². The molecule has 7 N–H and O–H groups in total. The van der Waals surface area contributed by atoms with Gasteiger partial charge in [-0.3, -0.25) is 33.6 Å². The Balaban J connectivity index is 5.08. The molecule has 0 rings (SSSR count). The average Bonchev–Trinajstić information content (AvgIpc) is 3.11. The van der Waals surface area contributed by atoms with Gasteiger partial charge in [-0.1, -0.05) is 79.1 Å². The third-order valence-corrected chi connectivity index (χ3v) is 9.93. The van der Waals surface area contributed by atoms with Crippen molar-refractivity contribution in [1.29, 1.82) is 0 Å². The summed E-state index contributed by atoms with van der Waals surface area (Å²) in [5.74, 6) is -3.63. The molecule has 0 aromatic carbocycles. The van der Waals surface area contributed by atoms with Crippen molar-refractivity contribution in [2.45, 2.75) is 221 Å². The van der Waals surface area contributed by atoms with Crippen LogP contribution in [0.4, 0.5) is 0 Å². The van der Waals surface area contributed by atoms with Gasteiger partial charge in [-0.25, -0.2) is 0 Å². The van der Waals surface area contributed by atoms with Crippen LogP contribution in [0.1, 0.15) is 191 Å². The summed E-state index contributed by atoms with van der Waals surface area (Å²) in [6.07, 6.45) is 11.7. The van der Waals surface area contributed by atoms with Crippen LogP contribution in [0, 0.1) is 11.3 Å². The molecule has 0 saturated heterocycles. The molecule has 0 aliphatic carbocycles. The van der Waals surface area contributed by atoms with Crippen LogP contribution >= 0.6 is 0 Å². The molecule has 4 unspecified atom stereocenters. The summed E-state index contributed by atoms with van der Waals surface area (Å²) in [6.45, 7) is 20.4. The number of rotatable bonds is 31. The predicted molar refractivity (Wildman–Crippen MR) is 234 cm³/mol. The van der Waals surface area contributed by atoms with Gasteiger partial charge in [0, 0.05) is 38.8 Å². The third-order valence-electron chi connectivity index (χ3n) is 9.93. The maximum absolute atomic E-state index is 13.6. The lowest BCUT2D eigenvalue weighted by Crippen LogP contribution is -2.56. The molecule has 0 fully saturated rings. The lowest BCUT2D eigenvalue weighted by atomic mass is 9.75. The highest BCUT2D eigenvalue weighted by Gasteiger charge is 2.30. The van der Waals surface area contributed by atoms with Gasteiger partial charge in [0.1, 0.15) is 23.3 Å². The van der Waals surface area contributed by atoms with Gasteiger partial charge in [0.2, 0.25) is 23.6 Å². The van der Waals surface area contributed by atoms with Crippen molar-refractivity contribution in [3.05, 3.63) is 0 Å². The molecule has 0 aromatic heterocycles. The number of unbranched alkanes of at least 4 members (excludes halogenated alkanes) is 7. The molecule has 0 spiro atoms. The quantitative estimate of drug-likeness (QED) is 0.0331. The number of hydrogen-bond acceptors (Lipinski definition) is 10. The number of esters is 2. The first-order chi connectivity index (χ1) is 27.8. The number of aliphatic carboxylic acids is 1. The van der Waals surface area contributed by atoms with Crippen molar-refractivity contribution >= 4 is 41.5 Å². The second-order valence-corrected chi connectivity index (χ2v) is 19.1. The topological polar surface area (TPSA) is 232 Å². The molecule has 0 heterocycles. The minimum atomic E-state index is -1.33. The minimum absolute atomic E-state index is 0.0742.